The van der Waals surface area contributed by atoms with Crippen LogP contribution in [0.3, 0.4) is 0 Å². The van der Waals surface area contributed by atoms with Crippen LogP contribution in [0.1, 0.15) is 27.2 Å². The molecular weight excluding hydrogens is 300 g/mol. The van der Waals surface area contributed by atoms with Crippen LogP contribution in [-0.2, 0) is 14.8 Å². The normalized spacial score (nSPS) is 14.6. The van der Waals surface area contributed by atoms with Crippen molar-refractivity contribution in [2.75, 3.05) is 5.32 Å². The number of halogens is 1. The Morgan fingerprint density at radius 2 is 1.80 bits per heavy atom. The van der Waals surface area contributed by atoms with Gasteiger partial charge in [-0.05, 0) is 44.5 Å². The number of hydrogen-bond acceptors (Lipinski definition) is 3. The second-order valence-corrected chi connectivity index (χ2v) is 6.93. The van der Waals surface area contributed by atoms with E-state index >= 15 is 0 Å². The predicted octanol–water partition coefficient (Wildman–Crippen LogP) is 2.33. The molecule has 1 rings (SSSR count). The van der Waals surface area contributed by atoms with Crippen molar-refractivity contribution >= 4 is 33.2 Å². The maximum atomic E-state index is 12.0. The third-order valence-corrected chi connectivity index (χ3v) is 4.57. The Balaban J connectivity index is 2.83. The van der Waals surface area contributed by atoms with Gasteiger partial charge < -0.3 is 5.32 Å². The lowest BCUT2D eigenvalue weighted by molar-refractivity contribution is -0.115. The molecule has 2 N–H and O–H groups in total. The molecule has 5 nitrogen and oxygen atoms in total. The average molecular weight is 319 g/mol. The van der Waals surface area contributed by atoms with E-state index < -0.39 is 15.4 Å². The molecule has 0 aliphatic rings. The van der Waals surface area contributed by atoms with Crippen molar-refractivity contribution in [3.05, 3.63) is 24.3 Å². The quantitative estimate of drug-likeness (QED) is 0.790. The summed E-state index contributed by atoms with van der Waals surface area (Å²) in [5.41, 5.74) is 0.505. The smallest absolute Gasteiger partial charge is 0.242 e. The molecule has 0 fully saturated rings. The van der Waals surface area contributed by atoms with Gasteiger partial charge in [0.05, 0.1) is 4.90 Å². The Hall–Kier alpha value is -1.11. The number of nitrogens with one attached hydrogen (secondary N) is 2. The number of rotatable bonds is 6. The Morgan fingerprint density at radius 3 is 2.25 bits per heavy atom. The first kappa shape index (κ1) is 16.9. The molecule has 2 atom stereocenters. The molecule has 0 aliphatic heterocycles. The Bertz CT molecular complexity index is 555. The van der Waals surface area contributed by atoms with Gasteiger partial charge in [0.1, 0.15) is 5.38 Å². The summed E-state index contributed by atoms with van der Waals surface area (Å²) in [6, 6.07) is 5.82. The molecule has 0 bridgehead atoms. The lowest BCUT2D eigenvalue weighted by atomic mass is 10.3. The SMILES string of the molecule is CC[C@@H](C)NS(=O)(=O)c1ccc(NC(=O)[C@@H](C)Cl)cc1. The summed E-state index contributed by atoms with van der Waals surface area (Å²) in [4.78, 5) is 11.6. The fraction of sp³-hybridized carbons (Fsp3) is 0.462. The van der Waals surface area contributed by atoms with E-state index in [0.717, 1.165) is 0 Å². The number of carbonyl (C=O) groups excluding carboxylic acids is 1. The van der Waals surface area contributed by atoms with Gasteiger partial charge in [-0.3, -0.25) is 4.79 Å². The van der Waals surface area contributed by atoms with Crippen molar-refractivity contribution in [3.8, 4) is 0 Å². The van der Waals surface area contributed by atoms with Crippen LogP contribution in [0.15, 0.2) is 29.2 Å². The van der Waals surface area contributed by atoms with E-state index in [4.69, 9.17) is 11.6 Å². The summed E-state index contributed by atoms with van der Waals surface area (Å²) in [5.74, 6) is -0.333. The molecule has 20 heavy (non-hydrogen) atoms. The van der Waals surface area contributed by atoms with Gasteiger partial charge in [0, 0.05) is 11.7 Å². The summed E-state index contributed by atoms with van der Waals surface area (Å²) in [6.07, 6.45) is 0.709. The predicted molar refractivity (Wildman–Crippen MR) is 80.5 cm³/mol. The lowest BCUT2D eigenvalue weighted by Gasteiger charge is -2.12. The van der Waals surface area contributed by atoms with E-state index in [1.165, 1.54) is 24.3 Å². The monoisotopic (exact) mass is 318 g/mol. The fourth-order valence-electron chi connectivity index (χ4n) is 1.38. The summed E-state index contributed by atoms with van der Waals surface area (Å²) < 4.78 is 26.6. The first-order valence-corrected chi connectivity index (χ1v) is 8.25. The van der Waals surface area contributed by atoms with Crippen molar-refractivity contribution < 1.29 is 13.2 Å². The highest BCUT2D eigenvalue weighted by Crippen LogP contribution is 2.15. The highest BCUT2D eigenvalue weighted by molar-refractivity contribution is 7.89. The van der Waals surface area contributed by atoms with Crippen molar-refractivity contribution in [1.29, 1.82) is 0 Å². The molecule has 0 heterocycles. The number of carbonyl (C=O) groups is 1. The topological polar surface area (TPSA) is 75.3 Å². The van der Waals surface area contributed by atoms with E-state index in [1.807, 2.05) is 6.92 Å². The van der Waals surface area contributed by atoms with E-state index in [2.05, 4.69) is 10.0 Å². The van der Waals surface area contributed by atoms with E-state index in [1.54, 1.807) is 13.8 Å². The van der Waals surface area contributed by atoms with E-state index in [-0.39, 0.29) is 16.8 Å². The van der Waals surface area contributed by atoms with Crippen molar-refractivity contribution in [3.63, 3.8) is 0 Å². The van der Waals surface area contributed by atoms with Crippen LogP contribution < -0.4 is 10.0 Å². The van der Waals surface area contributed by atoms with Gasteiger partial charge in [0.2, 0.25) is 15.9 Å². The number of sulfonamides is 1. The molecule has 0 spiro atoms. The van der Waals surface area contributed by atoms with Crippen LogP contribution in [0.5, 0.6) is 0 Å². The maximum Gasteiger partial charge on any atom is 0.242 e. The molecule has 0 saturated heterocycles. The van der Waals surface area contributed by atoms with Crippen molar-refractivity contribution in [2.45, 2.75) is 43.5 Å². The van der Waals surface area contributed by atoms with Gasteiger partial charge in [0.15, 0.2) is 0 Å². The molecule has 1 aromatic rings. The molecule has 1 aromatic carbocycles. The van der Waals surface area contributed by atoms with Crippen LogP contribution in [0.2, 0.25) is 0 Å². The highest BCUT2D eigenvalue weighted by atomic mass is 35.5. The van der Waals surface area contributed by atoms with Crippen LogP contribution >= 0.6 is 11.6 Å². The summed E-state index contributed by atoms with van der Waals surface area (Å²) in [6.45, 7) is 5.26. The number of hydrogen-bond donors (Lipinski definition) is 2. The summed E-state index contributed by atoms with van der Waals surface area (Å²) >= 11 is 5.64. The largest absolute Gasteiger partial charge is 0.325 e. The fourth-order valence-corrected chi connectivity index (χ4v) is 2.76. The molecule has 0 unspecified atom stereocenters. The molecule has 0 aliphatic carbocycles. The minimum atomic E-state index is -3.52. The third kappa shape index (κ3) is 4.77. The zero-order valence-corrected chi connectivity index (χ0v) is 13.3. The summed E-state index contributed by atoms with van der Waals surface area (Å²) in [5, 5.41) is 1.94. The van der Waals surface area contributed by atoms with Crippen molar-refractivity contribution in [2.24, 2.45) is 0 Å². The molecule has 0 aromatic heterocycles. The Labute approximate surface area is 124 Å². The number of amides is 1. The van der Waals surface area contributed by atoms with Gasteiger partial charge in [-0.2, -0.15) is 0 Å². The van der Waals surface area contributed by atoms with Crippen LogP contribution in [-0.4, -0.2) is 25.7 Å². The Morgan fingerprint density at radius 1 is 1.25 bits per heavy atom. The minimum absolute atomic E-state index is 0.128. The maximum absolute atomic E-state index is 12.0. The molecule has 1 amide bonds. The standard InChI is InChI=1S/C13H19ClN2O3S/c1-4-9(2)16-20(18,19)12-7-5-11(6-8-12)15-13(17)10(3)14/h5-10,16H,4H2,1-3H3,(H,15,17)/t9-,10-/m1/s1. The summed E-state index contributed by atoms with van der Waals surface area (Å²) in [7, 11) is -3.52. The van der Waals surface area contributed by atoms with Gasteiger partial charge in [0.25, 0.3) is 0 Å². The number of benzene rings is 1. The zero-order chi connectivity index (χ0) is 15.3. The van der Waals surface area contributed by atoms with E-state index in [0.29, 0.717) is 12.1 Å². The van der Waals surface area contributed by atoms with Gasteiger partial charge >= 0.3 is 0 Å². The molecule has 0 radical (unpaired) electrons. The second-order valence-electron chi connectivity index (χ2n) is 4.56. The first-order valence-electron chi connectivity index (χ1n) is 6.33. The Kier molecular flexibility index (Phi) is 5.98. The molecular formula is C13H19ClN2O3S. The molecule has 7 heteroatoms. The average Bonchev–Trinajstić information content (AvgIpc) is 2.38. The van der Waals surface area contributed by atoms with E-state index in [9.17, 15) is 13.2 Å². The number of anilines is 1. The lowest BCUT2D eigenvalue weighted by Crippen LogP contribution is -2.32. The van der Waals surface area contributed by atoms with Crippen LogP contribution in [0, 0.1) is 0 Å². The van der Waals surface area contributed by atoms with Crippen LogP contribution in [0.4, 0.5) is 5.69 Å². The highest BCUT2D eigenvalue weighted by Gasteiger charge is 2.16. The molecule has 0 saturated carbocycles. The minimum Gasteiger partial charge on any atom is -0.325 e. The number of alkyl halides is 1. The zero-order valence-electron chi connectivity index (χ0n) is 11.7. The second kappa shape index (κ2) is 7.06. The third-order valence-electron chi connectivity index (χ3n) is 2.76. The van der Waals surface area contributed by atoms with Crippen molar-refractivity contribution in [1.82, 2.24) is 4.72 Å². The van der Waals surface area contributed by atoms with Gasteiger partial charge in [-0.15, -0.1) is 11.6 Å². The first-order chi connectivity index (χ1) is 9.26. The van der Waals surface area contributed by atoms with Gasteiger partial charge in [-0.25, -0.2) is 13.1 Å². The van der Waals surface area contributed by atoms with Crippen LogP contribution in [0.25, 0.3) is 0 Å². The van der Waals surface area contributed by atoms with Gasteiger partial charge in [-0.1, -0.05) is 6.92 Å². The molecule has 112 valence electrons.